The summed E-state index contributed by atoms with van der Waals surface area (Å²) in [6.07, 6.45) is 4.95. The van der Waals surface area contributed by atoms with Crippen molar-refractivity contribution in [3.05, 3.63) is 40.6 Å². The summed E-state index contributed by atoms with van der Waals surface area (Å²) in [6, 6.07) is 1.79. The average Bonchev–Trinajstić information content (AvgIpc) is 2.90. The molecule has 0 aliphatic heterocycles. The summed E-state index contributed by atoms with van der Waals surface area (Å²) in [7, 11) is 0. The van der Waals surface area contributed by atoms with Crippen LogP contribution in [0.1, 0.15) is 22.3 Å². The zero-order valence-electron chi connectivity index (χ0n) is 10.0. The van der Waals surface area contributed by atoms with Gasteiger partial charge in [0, 0.05) is 30.5 Å². The molecule has 0 spiro atoms. The van der Waals surface area contributed by atoms with E-state index in [1.807, 2.05) is 12.3 Å². The van der Waals surface area contributed by atoms with Gasteiger partial charge in [-0.2, -0.15) is 0 Å². The third kappa shape index (κ3) is 3.04. The Kier molecular flexibility index (Phi) is 4.25. The Morgan fingerprint density at radius 3 is 3.06 bits per heavy atom. The van der Waals surface area contributed by atoms with Crippen LogP contribution in [0.2, 0.25) is 0 Å². The molecule has 2 rings (SSSR count). The van der Waals surface area contributed by atoms with Crippen molar-refractivity contribution in [2.75, 3.05) is 11.9 Å². The molecule has 6 heteroatoms. The van der Waals surface area contributed by atoms with Gasteiger partial charge in [-0.25, -0.2) is 4.98 Å². The van der Waals surface area contributed by atoms with Crippen molar-refractivity contribution in [1.29, 1.82) is 0 Å². The second-order valence-corrected chi connectivity index (χ2v) is 4.54. The quantitative estimate of drug-likeness (QED) is 0.863. The Balaban J connectivity index is 2.04. The zero-order chi connectivity index (χ0) is 12.8. The monoisotopic (exact) mass is 262 g/mol. The molecule has 0 aromatic carbocycles. The molecule has 2 aromatic rings. The first-order valence-electron chi connectivity index (χ1n) is 5.65. The first kappa shape index (κ1) is 12.5. The molecule has 0 radical (unpaired) electrons. The summed E-state index contributed by atoms with van der Waals surface area (Å²) < 4.78 is 0. The molecular weight excluding hydrogens is 248 g/mol. The molecule has 2 N–H and O–H groups in total. The minimum atomic E-state index is -0.144. The van der Waals surface area contributed by atoms with Crippen molar-refractivity contribution in [2.45, 2.75) is 13.5 Å². The lowest BCUT2D eigenvalue weighted by molar-refractivity contribution is 0.0951. The molecule has 0 aliphatic rings. The van der Waals surface area contributed by atoms with E-state index in [0.29, 0.717) is 12.1 Å². The molecule has 1 amide bonds. The maximum atomic E-state index is 12.0. The molecule has 0 bridgehead atoms. The number of rotatable bonds is 5. The number of amides is 1. The van der Waals surface area contributed by atoms with Gasteiger partial charge in [0.1, 0.15) is 5.01 Å². The number of aromatic nitrogens is 2. The lowest BCUT2D eigenvalue weighted by Gasteiger charge is -2.09. The third-order valence-corrected chi connectivity index (χ3v) is 3.10. The Morgan fingerprint density at radius 1 is 1.44 bits per heavy atom. The Morgan fingerprint density at radius 2 is 2.33 bits per heavy atom. The number of carbonyl (C=O) groups is 1. The SMILES string of the molecule is CCNc1ccncc1C(=O)NCc1nccs1. The van der Waals surface area contributed by atoms with Gasteiger partial charge in [0.05, 0.1) is 17.8 Å². The number of pyridine rings is 1. The van der Waals surface area contributed by atoms with E-state index in [1.165, 1.54) is 11.3 Å². The van der Waals surface area contributed by atoms with Crippen molar-refractivity contribution >= 4 is 22.9 Å². The summed E-state index contributed by atoms with van der Waals surface area (Å²) >= 11 is 1.52. The van der Waals surface area contributed by atoms with E-state index in [4.69, 9.17) is 0 Å². The minimum Gasteiger partial charge on any atom is -0.385 e. The highest BCUT2D eigenvalue weighted by molar-refractivity contribution is 7.09. The predicted molar refractivity (Wildman–Crippen MR) is 71.7 cm³/mol. The van der Waals surface area contributed by atoms with Gasteiger partial charge in [0.25, 0.3) is 5.91 Å². The molecule has 2 aromatic heterocycles. The number of thiazole rings is 1. The van der Waals surface area contributed by atoms with Gasteiger partial charge in [-0.05, 0) is 13.0 Å². The first-order valence-corrected chi connectivity index (χ1v) is 6.53. The number of carbonyl (C=O) groups excluding carboxylic acids is 1. The highest BCUT2D eigenvalue weighted by Crippen LogP contribution is 2.13. The van der Waals surface area contributed by atoms with E-state index in [0.717, 1.165) is 17.2 Å². The van der Waals surface area contributed by atoms with Crippen molar-refractivity contribution in [3.8, 4) is 0 Å². The molecule has 0 unspecified atom stereocenters. The Labute approximate surface area is 109 Å². The van der Waals surface area contributed by atoms with E-state index >= 15 is 0 Å². The maximum absolute atomic E-state index is 12.0. The van der Waals surface area contributed by atoms with E-state index in [9.17, 15) is 4.79 Å². The van der Waals surface area contributed by atoms with Gasteiger partial charge < -0.3 is 10.6 Å². The Bertz CT molecular complexity index is 513. The number of anilines is 1. The molecule has 0 fully saturated rings. The summed E-state index contributed by atoms with van der Waals surface area (Å²) in [5, 5.41) is 8.74. The predicted octanol–water partition coefficient (Wildman–Crippen LogP) is 1.90. The minimum absolute atomic E-state index is 0.144. The van der Waals surface area contributed by atoms with Gasteiger partial charge >= 0.3 is 0 Å². The fraction of sp³-hybridized carbons (Fsp3) is 0.250. The fourth-order valence-electron chi connectivity index (χ4n) is 1.51. The average molecular weight is 262 g/mol. The standard InChI is InChI=1S/C12H14N4OS/c1-2-14-10-3-4-13-7-9(10)12(17)16-8-11-15-5-6-18-11/h3-7H,2,8H2,1H3,(H,13,14)(H,16,17). The lowest BCUT2D eigenvalue weighted by Crippen LogP contribution is -2.24. The van der Waals surface area contributed by atoms with Crippen LogP contribution in [0, 0.1) is 0 Å². The molecule has 0 saturated heterocycles. The van der Waals surface area contributed by atoms with E-state index in [1.54, 1.807) is 24.7 Å². The van der Waals surface area contributed by atoms with E-state index < -0.39 is 0 Å². The van der Waals surface area contributed by atoms with Crippen molar-refractivity contribution in [1.82, 2.24) is 15.3 Å². The number of hydrogen-bond acceptors (Lipinski definition) is 5. The second kappa shape index (κ2) is 6.11. The van der Waals surface area contributed by atoms with Crippen LogP contribution in [0.4, 0.5) is 5.69 Å². The van der Waals surface area contributed by atoms with Crippen LogP contribution in [0.25, 0.3) is 0 Å². The van der Waals surface area contributed by atoms with Crippen LogP contribution in [0.3, 0.4) is 0 Å². The van der Waals surface area contributed by atoms with Gasteiger partial charge in [0.15, 0.2) is 0 Å². The third-order valence-electron chi connectivity index (χ3n) is 2.32. The number of nitrogens with zero attached hydrogens (tertiary/aromatic N) is 2. The summed E-state index contributed by atoms with van der Waals surface area (Å²) in [5.41, 5.74) is 1.35. The number of nitrogens with one attached hydrogen (secondary N) is 2. The van der Waals surface area contributed by atoms with Crippen molar-refractivity contribution < 1.29 is 4.79 Å². The smallest absolute Gasteiger partial charge is 0.255 e. The molecule has 2 heterocycles. The van der Waals surface area contributed by atoms with Gasteiger partial charge in [-0.15, -0.1) is 11.3 Å². The summed E-state index contributed by atoms with van der Waals surface area (Å²) in [5.74, 6) is -0.144. The molecule has 0 atom stereocenters. The summed E-state index contributed by atoms with van der Waals surface area (Å²) in [4.78, 5) is 20.1. The first-order chi connectivity index (χ1) is 8.81. The van der Waals surface area contributed by atoms with Crippen LogP contribution in [0.15, 0.2) is 30.0 Å². The molecule has 5 nitrogen and oxygen atoms in total. The Hall–Kier alpha value is -1.95. The summed E-state index contributed by atoms with van der Waals surface area (Å²) in [6.45, 7) is 3.19. The maximum Gasteiger partial charge on any atom is 0.255 e. The van der Waals surface area contributed by atoms with Gasteiger partial charge in [-0.1, -0.05) is 0 Å². The fourth-order valence-corrected chi connectivity index (χ4v) is 2.07. The lowest BCUT2D eigenvalue weighted by atomic mass is 10.2. The molecular formula is C12H14N4OS. The van der Waals surface area contributed by atoms with Crippen molar-refractivity contribution in [2.24, 2.45) is 0 Å². The van der Waals surface area contributed by atoms with Crippen LogP contribution in [-0.2, 0) is 6.54 Å². The molecule has 18 heavy (non-hydrogen) atoms. The molecule has 0 saturated carbocycles. The topological polar surface area (TPSA) is 66.9 Å². The van der Waals surface area contributed by atoms with Crippen molar-refractivity contribution in [3.63, 3.8) is 0 Å². The molecule has 94 valence electrons. The van der Waals surface area contributed by atoms with E-state index in [2.05, 4.69) is 20.6 Å². The highest BCUT2D eigenvalue weighted by Gasteiger charge is 2.11. The normalized spacial score (nSPS) is 10.1. The second-order valence-electron chi connectivity index (χ2n) is 3.56. The number of hydrogen-bond donors (Lipinski definition) is 2. The van der Waals surface area contributed by atoms with Crippen LogP contribution in [0.5, 0.6) is 0 Å². The van der Waals surface area contributed by atoms with Crippen LogP contribution < -0.4 is 10.6 Å². The van der Waals surface area contributed by atoms with Gasteiger partial charge in [0.2, 0.25) is 0 Å². The molecule has 0 aliphatic carbocycles. The van der Waals surface area contributed by atoms with Crippen LogP contribution in [-0.4, -0.2) is 22.4 Å². The van der Waals surface area contributed by atoms with Crippen LogP contribution >= 0.6 is 11.3 Å². The zero-order valence-corrected chi connectivity index (χ0v) is 10.8. The highest BCUT2D eigenvalue weighted by atomic mass is 32.1. The van der Waals surface area contributed by atoms with Gasteiger partial charge in [-0.3, -0.25) is 9.78 Å². The largest absolute Gasteiger partial charge is 0.385 e. The van der Waals surface area contributed by atoms with E-state index in [-0.39, 0.29) is 5.91 Å².